The molecule has 1 saturated carbocycles. The summed E-state index contributed by atoms with van der Waals surface area (Å²) in [5.74, 6) is 0. The van der Waals surface area contributed by atoms with Crippen LogP contribution in [0.2, 0.25) is 0 Å². The summed E-state index contributed by atoms with van der Waals surface area (Å²) in [6.45, 7) is 3.97. The molecule has 2 aliphatic heterocycles. The standard InChI is InChI=1S/C16H29NO3/c18-9-2-8-17(14-3-1-4-14)15-5-10-20-16(13-15)6-11-19-12-7-16/h14-15,18H,1-13H2. The molecule has 0 radical (unpaired) electrons. The number of aliphatic hydroxyl groups excluding tert-OH is 1. The predicted molar refractivity (Wildman–Crippen MR) is 77.8 cm³/mol. The summed E-state index contributed by atoms with van der Waals surface area (Å²) in [4.78, 5) is 2.69. The summed E-state index contributed by atoms with van der Waals surface area (Å²) in [5, 5.41) is 9.16. The quantitative estimate of drug-likeness (QED) is 0.837. The SMILES string of the molecule is OCCCN(C1CCC1)C1CCOC2(CCOCC2)C1. The molecule has 3 fully saturated rings. The maximum atomic E-state index is 9.16. The Morgan fingerprint density at radius 3 is 2.50 bits per heavy atom. The van der Waals surface area contributed by atoms with Gasteiger partial charge in [0.1, 0.15) is 0 Å². The molecule has 0 aromatic heterocycles. The van der Waals surface area contributed by atoms with Crippen LogP contribution in [-0.4, -0.2) is 60.7 Å². The van der Waals surface area contributed by atoms with Crippen LogP contribution in [0.25, 0.3) is 0 Å². The second kappa shape index (κ2) is 6.73. The van der Waals surface area contributed by atoms with Crippen LogP contribution >= 0.6 is 0 Å². The molecule has 4 nitrogen and oxygen atoms in total. The van der Waals surface area contributed by atoms with E-state index in [2.05, 4.69) is 4.90 Å². The van der Waals surface area contributed by atoms with Crippen molar-refractivity contribution in [1.29, 1.82) is 0 Å². The van der Waals surface area contributed by atoms with Crippen LogP contribution < -0.4 is 0 Å². The lowest BCUT2D eigenvalue weighted by Crippen LogP contribution is -2.55. The lowest BCUT2D eigenvalue weighted by Gasteiger charge is -2.50. The van der Waals surface area contributed by atoms with Crippen LogP contribution in [0.4, 0.5) is 0 Å². The molecule has 0 amide bonds. The summed E-state index contributed by atoms with van der Waals surface area (Å²) < 4.78 is 11.7. The van der Waals surface area contributed by atoms with Gasteiger partial charge in [0.25, 0.3) is 0 Å². The van der Waals surface area contributed by atoms with Gasteiger partial charge in [-0.2, -0.15) is 0 Å². The molecule has 1 aliphatic carbocycles. The first kappa shape index (κ1) is 14.8. The van der Waals surface area contributed by atoms with Crippen molar-refractivity contribution in [3.63, 3.8) is 0 Å². The van der Waals surface area contributed by atoms with Gasteiger partial charge in [-0.05, 0) is 44.9 Å². The molecule has 2 heterocycles. The molecule has 4 heteroatoms. The second-order valence-electron chi connectivity index (χ2n) is 6.69. The van der Waals surface area contributed by atoms with Crippen LogP contribution in [-0.2, 0) is 9.47 Å². The lowest BCUT2D eigenvalue weighted by atomic mass is 9.81. The zero-order chi connectivity index (χ0) is 13.8. The summed E-state index contributed by atoms with van der Waals surface area (Å²) in [6.07, 6.45) is 9.41. The van der Waals surface area contributed by atoms with Gasteiger partial charge in [0.05, 0.1) is 5.60 Å². The third kappa shape index (κ3) is 3.19. The Bertz CT molecular complexity index is 295. The maximum absolute atomic E-state index is 9.16. The highest BCUT2D eigenvalue weighted by molar-refractivity contribution is 4.95. The largest absolute Gasteiger partial charge is 0.396 e. The molecule has 116 valence electrons. The zero-order valence-corrected chi connectivity index (χ0v) is 12.6. The first-order valence-corrected chi connectivity index (χ1v) is 8.41. The Hall–Kier alpha value is -0.160. The molecular formula is C16H29NO3. The molecule has 1 N–H and O–H groups in total. The van der Waals surface area contributed by atoms with E-state index >= 15 is 0 Å². The Morgan fingerprint density at radius 1 is 1.05 bits per heavy atom. The van der Waals surface area contributed by atoms with E-state index < -0.39 is 0 Å². The van der Waals surface area contributed by atoms with Crippen molar-refractivity contribution in [2.24, 2.45) is 0 Å². The number of aliphatic hydroxyl groups is 1. The van der Waals surface area contributed by atoms with Gasteiger partial charge < -0.3 is 14.6 Å². The van der Waals surface area contributed by atoms with E-state index in [4.69, 9.17) is 14.6 Å². The second-order valence-corrected chi connectivity index (χ2v) is 6.69. The van der Waals surface area contributed by atoms with Crippen LogP contribution in [0.3, 0.4) is 0 Å². The number of nitrogens with zero attached hydrogens (tertiary/aromatic N) is 1. The van der Waals surface area contributed by atoms with E-state index in [0.717, 1.165) is 64.5 Å². The first-order valence-electron chi connectivity index (χ1n) is 8.41. The minimum absolute atomic E-state index is 0.0857. The highest BCUT2D eigenvalue weighted by Crippen LogP contribution is 2.38. The monoisotopic (exact) mass is 283 g/mol. The van der Waals surface area contributed by atoms with Gasteiger partial charge in [0.2, 0.25) is 0 Å². The molecule has 1 spiro atoms. The van der Waals surface area contributed by atoms with Crippen molar-refractivity contribution in [1.82, 2.24) is 4.90 Å². The fourth-order valence-electron chi connectivity index (χ4n) is 4.01. The number of hydrogen-bond acceptors (Lipinski definition) is 4. The average Bonchev–Trinajstić information content (AvgIpc) is 2.42. The molecule has 0 aromatic carbocycles. The minimum atomic E-state index is 0.0857. The van der Waals surface area contributed by atoms with Crippen LogP contribution in [0.1, 0.15) is 51.4 Å². The molecule has 20 heavy (non-hydrogen) atoms. The normalized spacial score (nSPS) is 30.6. The van der Waals surface area contributed by atoms with E-state index in [1.807, 2.05) is 0 Å². The van der Waals surface area contributed by atoms with Crippen molar-refractivity contribution in [2.75, 3.05) is 33.0 Å². The first-order chi connectivity index (χ1) is 9.83. The summed E-state index contributed by atoms with van der Waals surface area (Å²) in [6, 6.07) is 1.42. The van der Waals surface area contributed by atoms with E-state index in [-0.39, 0.29) is 5.60 Å². The van der Waals surface area contributed by atoms with Crippen molar-refractivity contribution in [3.05, 3.63) is 0 Å². The smallest absolute Gasteiger partial charge is 0.0741 e. The van der Waals surface area contributed by atoms with Crippen LogP contribution in [0.5, 0.6) is 0 Å². The highest BCUT2D eigenvalue weighted by Gasteiger charge is 2.42. The zero-order valence-electron chi connectivity index (χ0n) is 12.6. The van der Waals surface area contributed by atoms with Gasteiger partial charge in [0, 0.05) is 45.1 Å². The maximum Gasteiger partial charge on any atom is 0.0741 e. The van der Waals surface area contributed by atoms with Gasteiger partial charge in [-0.25, -0.2) is 0 Å². The Kier molecular flexibility index (Phi) is 4.97. The molecule has 0 bridgehead atoms. The molecule has 2 saturated heterocycles. The predicted octanol–water partition coefficient (Wildman–Crippen LogP) is 1.95. The van der Waals surface area contributed by atoms with Gasteiger partial charge in [-0.3, -0.25) is 4.90 Å². The van der Waals surface area contributed by atoms with E-state index in [1.54, 1.807) is 0 Å². The Labute approximate surface area is 122 Å². The number of rotatable bonds is 5. The highest BCUT2D eigenvalue weighted by atomic mass is 16.5. The van der Waals surface area contributed by atoms with Gasteiger partial charge in [0.15, 0.2) is 0 Å². The number of hydrogen-bond donors (Lipinski definition) is 1. The fraction of sp³-hybridized carbons (Fsp3) is 1.00. The molecule has 3 rings (SSSR count). The molecule has 1 atom stereocenters. The van der Waals surface area contributed by atoms with Crippen molar-refractivity contribution >= 4 is 0 Å². The lowest BCUT2D eigenvalue weighted by molar-refractivity contribution is -0.156. The topological polar surface area (TPSA) is 41.9 Å². The third-order valence-electron chi connectivity index (χ3n) is 5.46. The van der Waals surface area contributed by atoms with E-state index in [1.165, 1.54) is 19.3 Å². The van der Waals surface area contributed by atoms with E-state index in [9.17, 15) is 0 Å². The fourth-order valence-corrected chi connectivity index (χ4v) is 4.01. The van der Waals surface area contributed by atoms with Gasteiger partial charge >= 0.3 is 0 Å². The molecule has 3 aliphatic rings. The minimum Gasteiger partial charge on any atom is -0.396 e. The van der Waals surface area contributed by atoms with E-state index in [0.29, 0.717) is 12.6 Å². The van der Waals surface area contributed by atoms with Crippen LogP contribution in [0.15, 0.2) is 0 Å². The Balaban J connectivity index is 1.63. The molecular weight excluding hydrogens is 254 g/mol. The van der Waals surface area contributed by atoms with Crippen molar-refractivity contribution < 1.29 is 14.6 Å². The average molecular weight is 283 g/mol. The van der Waals surface area contributed by atoms with Crippen LogP contribution in [0, 0.1) is 0 Å². The number of ether oxygens (including phenoxy) is 2. The molecule has 0 aromatic rings. The summed E-state index contributed by atoms with van der Waals surface area (Å²) in [7, 11) is 0. The Morgan fingerprint density at radius 2 is 1.85 bits per heavy atom. The van der Waals surface area contributed by atoms with Crippen molar-refractivity contribution in [2.45, 2.75) is 69.1 Å². The molecule has 1 unspecified atom stereocenters. The summed E-state index contributed by atoms with van der Waals surface area (Å²) >= 11 is 0. The van der Waals surface area contributed by atoms with Gasteiger partial charge in [-0.1, -0.05) is 6.42 Å². The summed E-state index contributed by atoms with van der Waals surface area (Å²) in [5.41, 5.74) is 0.0857. The van der Waals surface area contributed by atoms with Crippen molar-refractivity contribution in [3.8, 4) is 0 Å². The third-order valence-corrected chi connectivity index (χ3v) is 5.46. The van der Waals surface area contributed by atoms with Gasteiger partial charge in [-0.15, -0.1) is 0 Å².